The Morgan fingerprint density at radius 3 is 2.24 bits per heavy atom. The number of oxazole rings is 1. The number of nitrogens with two attached hydrogens (primary N) is 1. The van der Waals surface area contributed by atoms with Crippen molar-refractivity contribution in [1.29, 1.82) is 0 Å². The van der Waals surface area contributed by atoms with Crippen LogP contribution >= 0.6 is 23.2 Å². The molecular weight excluding hydrogens is 383 g/mol. The van der Waals surface area contributed by atoms with Crippen LogP contribution in [-0.4, -0.2) is 13.4 Å². The van der Waals surface area contributed by atoms with Gasteiger partial charge >= 0.3 is 0 Å². The first-order valence-corrected chi connectivity index (χ1v) is 9.68. The summed E-state index contributed by atoms with van der Waals surface area (Å²) in [6, 6.07) is 11.3. The summed E-state index contributed by atoms with van der Waals surface area (Å²) in [5.74, 6) is 1.09. The molecule has 1 aromatic heterocycles. The SMILES string of the molecule is CCc1nc(-c2ccc(Cl)c(Cl)c2)c(-c2ccc(S(N)(=O)=O)cc2)o1. The van der Waals surface area contributed by atoms with Crippen molar-refractivity contribution in [2.24, 2.45) is 5.14 Å². The van der Waals surface area contributed by atoms with Crippen LogP contribution in [0.4, 0.5) is 0 Å². The number of primary sulfonamides is 1. The molecule has 0 atom stereocenters. The molecule has 8 heteroatoms. The van der Waals surface area contributed by atoms with E-state index in [0.717, 1.165) is 5.56 Å². The summed E-state index contributed by atoms with van der Waals surface area (Å²) in [5, 5.41) is 5.99. The average molecular weight is 397 g/mol. The number of benzene rings is 2. The van der Waals surface area contributed by atoms with E-state index in [4.69, 9.17) is 32.8 Å². The number of halogens is 2. The van der Waals surface area contributed by atoms with Crippen molar-refractivity contribution in [2.75, 3.05) is 0 Å². The lowest BCUT2D eigenvalue weighted by molar-refractivity contribution is 0.514. The first-order valence-electron chi connectivity index (χ1n) is 7.38. The maximum Gasteiger partial charge on any atom is 0.238 e. The van der Waals surface area contributed by atoms with Gasteiger partial charge in [0.1, 0.15) is 5.69 Å². The molecule has 0 aliphatic carbocycles. The summed E-state index contributed by atoms with van der Waals surface area (Å²) in [5.41, 5.74) is 2.04. The lowest BCUT2D eigenvalue weighted by atomic mass is 10.1. The van der Waals surface area contributed by atoms with Crippen LogP contribution in [0.5, 0.6) is 0 Å². The molecule has 0 unspecified atom stereocenters. The Morgan fingerprint density at radius 1 is 1.04 bits per heavy atom. The van der Waals surface area contributed by atoms with Gasteiger partial charge in [-0.3, -0.25) is 0 Å². The van der Waals surface area contributed by atoms with Crippen molar-refractivity contribution in [2.45, 2.75) is 18.2 Å². The van der Waals surface area contributed by atoms with E-state index in [1.165, 1.54) is 12.1 Å². The largest absolute Gasteiger partial charge is 0.440 e. The van der Waals surface area contributed by atoms with Crippen molar-refractivity contribution < 1.29 is 12.8 Å². The molecule has 130 valence electrons. The van der Waals surface area contributed by atoms with Gasteiger partial charge in [0.15, 0.2) is 11.7 Å². The zero-order chi connectivity index (χ0) is 18.2. The van der Waals surface area contributed by atoms with Gasteiger partial charge in [-0.15, -0.1) is 0 Å². The van der Waals surface area contributed by atoms with Crippen LogP contribution in [0.1, 0.15) is 12.8 Å². The fourth-order valence-corrected chi connectivity index (χ4v) is 3.16. The van der Waals surface area contributed by atoms with Gasteiger partial charge in [0, 0.05) is 17.5 Å². The lowest BCUT2D eigenvalue weighted by Gasteiger charge is -2.04. The van der Waals surface area contributed by atoms with E-state index >= 15 is 0 Å². The second kappa shape index (κ2) is 6.80. The topological polar surface area (TPSA) is 86.2 Å². The molecule has 0 aliphatic heterocycles. The highest BCUT2D eigenvalue weighted by atomic mass is 35.5. The molecule has 2 aromatic carbocycles. The molecule has 0 bridgehead atoms. The number of hydrogen-bond donors (Lipinski definition) is 1. The molecule has 3 rings (SSSR count). The highest BCUT2D eigenvalue weighted by molar-refractivity contribution is 7.89. The highest BCUT2D eigenvalue weighted by Gasteiger charge is 2.18. The van der Waals surface area contributed by atoms with Gasteiger partial charge in [0.2, 0.25) is 10.0 Å². The molecule has 3 aromatic rings. The van der Waals surface area contributed by atoms with E-state index in [1.807, 2.05) is 6.92 Å². The van der Waals surface area contributed by atoms with Gasteiger partial charge in [-0.25, -0.2) is 18.5 Å². The third kappa shape index (κ3) is 3.72. The summed E-state index contributed by atoms with van der Waals surface area (Å²) >= 11 is 12.1. The van der Waals surface area contributed by atoms with Crippen molar-refractivity contribution >= 4 is 33.2 Å². The quantitative estimate of drug-likeness (QED) is 0.701. The minimum absolute atomic E-state index is 0.0302. The summed E-state index contributed by atoms with van der Waals surface area (Å²) < 4.78 is 28.6. The van der Waals surface area contributed by atoms with Gasteiger partial charge in [-0.1, -0.05) is 36.2 Å². The number of sulfonamides is 1. The number of nitrogens with zero attached hydrogens (tertiary/aromatic N) is 1. The second-order valence-corrected chi connectivity index (χ2v) is 7.71. The van der Waals surface area contributed by atoms with E-state index in [2.05, 4.69) is 4.98 Å². The summed E-state index contributed by atoms with van der Waals surface area (Å²) in [7, 11) is -3.75. The molecule has 0 aliphatic rings. The normalized spacial score (nSPS) is 11.7. The molecule has 2 N–H and O–H groups in total. The van der Waals surface area contributed by atoms with E-state index < -0.39 is 10.0 Å². The Balaban J connectivity index is 2.13. The molecule has 0 saturated heterocycles. The van der Waals surface area contributed by atoms with E-state index in [9.17, 15) is 8.42 Å². The maximum absolute atomic E-state index is 11.4. The van der Waals surface area contributed by atoms with Gasteiger partial charge in [0.25, 0.3) is 0 Å². The Kier molecular flexibility index (Phi) is 4.88. The van der Waals surface area contributed by atoms with Gasteiger partial charge in [-0.05, 0) is 36.4 Å². The fourth-order valence-electron chi connectivity index (χ4n) is 2.35. The molecule has 25 heavy (non-hydrogen) atoms. The van der Waals surface area contributed by atoms with Gasteiger partial charge in [-0.2, -0.15) is 0 Å². The Bertz CT molecular complexity index is 1030. The standard InChI is InChI=1S/C17H14Cl2N2O3S/c1-2-15-21-16(11-5-8-13(18)14(19)9-11)17(24-15)10-3-6-12(7-4-10)25(20,22)23/h3-9H,2H2,1H3,(H2,20,22,23). The van der Waals surface area contributed by atoms with Gasteiger partial charge in [0.05, 0.1) is 14.9 Å². The van der Waals surface area contributed by atoms with Crippen molar-refractivity contribution in [3.63, 3.8) is 0 Å². The van der Waals surface area contributed by atoms with E-state index in [-0.39, 0.29) is 4.90 Å². The zero-order valence-electron chi connectivity index (χ0n) is 13.2. The molecular formula is C17H14Cl2N2O3S. The van der Waals surface area contributed by atoms with Crippen LogP contribution in [0.25, 0.3) is 22.6 Å². The summed E-state index contributed by atoms with van der Waals surface area (Å²) in [6.07, 6.45) is 0.615. The van der Waals surface area contributed by atoms with Crippen LogP contribution in [0.3, 0.4) is 0 Å². The Labute approximate surface area is 155 Å². The average Bonchev–Trinajstić information content (AvgIpc) is 3.01. The van der Waals surface area contributed by atoms with Crippen LogP contribution in [-0.2, 0) is 16.4 Å². The Hall–Kier alpha value is -1.86. The third-order valence-corrected chi connectivity index (χ3v) is 5.28. The fraction of sp³-hybridized carbons (Fsp3) is 0.118. The molecule has 0 saturated carbocycles. The van der Waals surface area contributed by atoms with Gasteiger partial charge < -0.3 is 4.42 Å². The Morgan fingerprint density at radius 2 is 1.68 bits per heavy atom. The third-order valence-electron chi connectivity index (χ3n) is 3.61. The van der Waals surface area contributed by atoms with Crippen LogP contribution in [0.15, 0.2) is 51.8 Å². The summed E-state index contributed by atoms with van der Waals surface area (Å²) in [6.45, 7) is 1.93. The first kappa shape index (κ1) is 17.9. The monoisotopic (exact) mass is 396 g/mol. The maximum atomic E-state index is 11.4. The van der Waals surface area contributed by atoms with Crippen molar-refractivity contribution in [3.05, 3.63) is 58.4 Å². The second-order valence-electron chi connectivity index (χ2n) is 5.34. The minimum Gasteiger partial charge on any atom is -0.440 e. The number of hydrogen-bond acceptors (Lipinski definition) is 4. The first-order chi connectivity index (χ1) is 11.8. The predicted octanol–water partition coefficient (Wildman–Crippen LogP) is 4.53. The van der Waals surface area contributed by atoms with Crippen LogP contribution < -0.4 is 5.14 Å². The molecule has 1 heterocycles. The zero-order valence-corrected chi connectivity index (χ0v) is 15.5. The number of aryl methyl sites for hydroxylation is 1. The molecule has 0 radical (unpaired) electrons. The lowest BCUT2D eigenvalue weighted by Crippen LogP contribution is -2.11. The van der Waals surface area contributed by atoms with Crippen LogP contribution in [0, 0.1) is 0 Å². The number of aromatic nitrogens is 1. The summed E-state index contributed by atoms with van der Waals surface area (Å²) in [4.78, 5) is 4.54. The highest BCUT2D eigenvalue weighted by Crippen LogP contribution is 2.35. The molecule has 0 spiro atoms. The van der Waals surface area contributed by atoms with E-state index in [0.29, 0.717) is 39.4 Å². The minimum atomic E-state index is -3.75. The van der Waals surface area contributed by atoms with Crippen molar-refractivity contribution in [1.82, 2.24) is 4.98 Å². The molecule has 0 amide bonds. The number of rotatable bonds is 4. The molecule has 0 fully saturated rings. The predicted molar refractivity (Wildman–Crippen MR) is 98.1 cm³/mol. The molecule has 5 nitrogen and oxygen atoms in total. The smallest absolute Gasteiger partial charge is 0.238 e. The van der Waals surface area contributed by atoms with Crippen LogP contribution in [0.2, 0.25) is 10.0 Å². The van der Waals surface area contributed by atoms with Crippen molar-refractivity contribution in [3.8, 4) is 22.6 Å². The van der Waals surface area contributed by atoms with E-state index in [1.54, 1.807) is 30.3 Å².